The second-order valence-electron chi connectivity index (χ2n) is 6.79. The fourth-order valence-electron chi connectivity index (χ4n) is 3.05. The van der Waals surface area contributed by atoms with E-state index in [9.17, 15) is 9.59 Å². The average molecular weight is 393 g/mol. The number of nitrogens with one attached hydrogen (secondary N) is 2. The molecular formula is C21H23N5O3. The number of benzene rings is 2. The zero-order chi connectivity index (χ0) is 21.0. The summed E-state index contributed by atoms with van der Waals surface area (Å²) in [6.45, 7) is 5.62. The second-order valence-corrected chi connectivity index (χ2v) is 6.79. The topological polar surface area (TPSA) is 98.1 Å². The van der Waals surface area contributed by atoms with Crippen molar-refractivity contribution in [1.82, 2.24) is 15.0 Å². The Labute approximate surface area is 168 Å². The maximum atomic E-state index is 12.8. The molecule has 8 heteroatoms. The predicted molar refractivity (Wildman–Crippen MR) is 110 cm³/mol. The van der Waals surface area contributed by atoms with Crippen molar-refractivity contribution < 1.29 is 14.3 Å². The van der Waals surface area contributed by atoms with Crippen molar-refractivity contribution in [2.24, 2.45) is 0 Å². The number of nitrogens with zero attached hydrogens (tertiary/aromatic N) is 3. The summed E-state index contributed by atoms with van der Waals surface area (Å²) in [4.78, 5) is 23.9. The summed E-state index contributed by atoms with van der Waals surface area (Å²) in [6, 6.07) is 12.8. The highest BCUT2D eigenvalue weighted by Crippen LogP contribution is 2.19. The molecule has 150 valence electrons. The summed E-state index contributed by atoms with van der Waals surface area (Å²) in [5.41, 5.74) is 4.97. The third-order valence-electron chi connectivity index (χ3n) is 4.17. The zero-order valence-electron chi connectivity index (χ0n) is 16.8. The smallest absolute Gasteiger partial charge is 0.278 e. The Bertz CT molecular complexity index is 1020. The highest BCUT2D eigenvalue weighted by atomic mass is 16.5. The molecule has 0 aliphatic carbocycles. The van der Waals surface area contributed by atoms with E-state index >= 15 is 0 Å². The van der Waals surface area contributed by atoms with E-state index in [1.54, 1.807) is 36.1 Å². The van der Waals surface area contributed by atoms with Crippen LogP contribution in [0.5, 0.6) is 0 Å². The van der Waals surface area contributed by atoms with Crippen LogP contribution in [-0.2, 0) is 16.1 Å². The van der Waals surface area contributed by atoms with Crippen LogP contribution in [0.1, 0.15) is 34.2 Å². The fraction of sp³-hybridized carbons (Fsp3) is 0.238. The van der Waals surface area contributed by atoms with E-state index in [1.165, 1.54) is 6.92 Å². The van der Waals surface area contributed by atoms with Gasteiger partial charge in [-0.1, -0.05) is 11.3 Å². The number of aromatic nitrogens is 3. The summed E-state index contributed by atoms with van der Waals surface area (Å²) < 4.78 is 6.90. The number of hydrogen-bond acceptors (Lipinski definition) is 5. The number of hydrogen-bond donors (Lipinski definition) is 2. The lowest BCUT2D eigenvalue weighted by atomic mass is 10.1. The lowest BCUT2D eigenvalue weighted by Crippen LogP contribution is -2.16. The van der Waals surface area contributed by atoms with E-state index < -0.39 is 0 Å². The fourth-order valence-corrected chi connectivity index (χ4v) is 3.05. The van der Waals surface area contributed by atoms with Crippen LogP contribution in [0.4, 0.5) is 11.4 Å². The van der Waals surface area contributed by atoms with Crippen LogP contribution in [0.25, 0.3) is 5.69 Å². The Hall–Kier alpha value is -3.52. The van der Waals surface area contributed by atoms with Gasteiger partial charge in [0.05, 0.1) is 12.3 Å². The minimum absolute atomic E-state index is 0.158. The molecule has 0 fully saturated rings. The first-order chi connectivity index (χ1) is 13.9. The summed E-state index contributed by atoms with van der Waals surface area (Å²) in [7, 11) is 1.56. The van der Waals surface area contributed by atoms with E-state index in [4.69, 9.17) is 4.74 Å². The third-order valence-corrected chi connectivity index (χ3v) is 4.17. The van der Waals surface area contributed by atoms with Crippen molar-refractivity contribution >= 4 is 23.2 Å². The van der Waals surface area contributed by atoms with Gasteiger partial charge >= 0.3 is 0 Å². The van der Waals surface area contributed by atoms with Crippen LogP contribution in [0.3, 0.4) is 0 Å². The van der Waals surface area contributed by atoms with Crippen LogP contribution in [-0.4, -0.2) is 33.9 Å². The standard InChI is InChI=1S/C21H23N5O3/c1-13-9-14(2)11-18(10-13)26-19(12-29-4)20(24-25-26)21(28)23-17-7-5-16(6-8-17)22-15(3)27/h5-11H,12H2,1-4H3,(H,22,27)(H,23,28). The molecule has 0 atom stereocenters. The van der Waals surface area contributed by atoms with Crippen LogP contribution in [0.15, 0.2) is 42.5 Å². The summed E-state index contributed by atoms with van der Waals surface area (Å²) in [6.07, 6.45) is 0. The van der Waals surface area contributed by atoms with Crippen LogP contribution >= 0.6 is 0 Å². The highest BCUT2D eigenvalue weighted by Gasteiger charge is 2.21. The Morgan fingerprint density at radius 3 is 2.14 bits per heavy atom. The number of ether oxygens (including phenoxy) is 1. The van der Waals surface area contributed by atoms with Gasteiger partial charge in [0.15, 0.2) is 5.69 Å². The molecule has 0 radical (unpaired) electrons. The van der Waals surface area contributed by atoms with Crippen LogP contribution in [0, 0.1) is 13.8 Å². The maximum Gasteiger partial charge on any atom is 0.278 e. The SMILES string of the molecule is COCc1c(C(=O)Nc2ccc(NC(C)=O)cc2)nnn1-c1cc(C)cc(C)c1. The Balaban J connectivity index is 1.87. The molecule has 3 rings (SSSR count). The molecule has 0 unspecified atom stereocenters. The molecule has 2 amide bonds. The Kier molecular flexibility index (Phi) is 6.04. The van der Waals surface area contributed by atoms with Crippen LogP contribution < -0.4 is 10.6 Å². The average Bonchev–Trinajstić information content (AvgIpc) is 3.06. The summed E-state index contributed by atoms with van der Waals surface area (Å²) in [5, 5.41) is 13.7. The van der Waals surface area contributed by atoms with E-state index in [0.717, 1.165) is 16.8 Å². The van der Waals surface area contributed by atoms with Gasteiger partial charge in [-0.2, -0.15) is 0 Å². The van der Waals surface area contributed by atoms with Gasteiger partial charge in [0, 0.05) is 25.4 Å². The molecular weight excluding hydrogens is 370 g/mol. The molecule has 1 aromatic heterocycles. The normalized spacial score (nSPS) is 10.6. The lowest BCUT2D eigenvalue weighted by molar-refractivity contribution is -0.114. The molecule has 1 heterocycles. The number of anilines is 2. The number of carbonyl (C=O) groups excluding carboxylic acids is 2. The first-order valence-corrected chi connectivity index (χ1v) is 9.08. The molecule has 0 saturated heterocycles. The van der Waals surface area contributed by atoms with E-state index in [0.29, 0.717) is 17.1 Å². The van der Waals surface area contributed by atoms with E-state index in [1.807, 2.05) is 26.0 Å². The molecule has 0 aliphatic heterocycles. The monoisotopic (exact) mass is 393 g/mol. The van der Waals surface area contributed by atoms with Crippen molar-refractivity contribution in [2.75, 3.05) is 17.7 Å². The van der Waals surface area contributed by atoms with E-state index in [-0.39, 0.29) is 24.1 Å². The van der Waals surface area contributed by atoms with Gasteiger partial charge in [-0.15, -0.1) is 5.10 Å². The number of methoxy groups -OCH3 is 1. The van der Waals surface area contributed by atoms with Crippen molar-refractivity contribution in [2.45, 2.75) is 27.4 Å². The van der Waals surface area contributed by atoms with Gasteiger partial charge in [-0.25, -0.2) is 4.68 Å². The molecule has 3 aromatic rings. The van der Waals surface area contributed by atoms with Gasteiger partial charge < -0.3 is 15.4 Å². The quantitative estimate of drug-likeness (QED) is 0.670. The van der Waals surface area contributed by atoms with Gasteiger partial charge in [0.1, 0.15) is 5.69 Å². The first-order valence-electron chi connectivity index (χ1n) is 9.08. The lowest BCUT2D eigenvalue weighted by Gasteiger charge is -2.10. The maximum absolute atomic E-state index is 12.8. The molecule has 0 aliphatic rings. The minimum atomic E-state index is -0.389. The van der Waals surface area contributed by atoms with Crippen LogP contribution in [0.2, 0.25) is 0 Å². The number of rotatable bonds is 6. The highest BCUT2D eigenvalue weighted by molar-refractivity contribution is 6.03. The molecule has 2 N–H and O–H groups in total. The second kappa shape index (κ2) is 8.66. The van der Waals surface area contributed by atoms with Gasteiger partial charge in [0.2, 0.25) is 5.91 Å². The van der Waals surface area contributed by atoms with Gasteiger partial charge in [-0.3, -0.25) is 9.59 Å². The Morgan fingerprint density at radius 1 is 1.00 bits per heavy atom. The molecule has 0 bridgehead atoms. The molecule has 8 nitrogen and oxygen atoms in total. The number of carbonyl (C=O) groups is 2. The Morgan fingerprint density at radius 2 is 1.59 bits per heavy atom. The predicted octanol–water partition coefficient (Wildman–Crippen LogP) is 3.24. The van der Waals surface area contributed by atoms with Gasteiger partial charge in [0.25, 0.3) is 5.91 Å². The third kappa shape index (κ3) is 4.85. The van der Waals surface area contributed by atoms with Crippen molar-refractivity contribution in [3.05, 3.63) is 65.0 Å². The minimum Gasteiger partial charge on any atom is -0.378 e. The first kappa shape index (κ1) is 20.2. The van der Waals surface area contributed by atoms with Crippen molar-refractivity contribution in [3.8, 4) is 5.69 Å². The number of aryl methyl sites for hydroxylation is 2. The molecule has 2 aromatic carbocycles. The summed E-state index contributed by atoms with van der Waals surface area (Å²) in [5.74, 6) is -0.547. The molecule has 0 spiro atoms. The zero-order valence-corrected chi connectivity index (χ0v) is 16.8. The molecule has 29 heavy (non-hydrogen) atoms. The summed E-state index contributed by atoms with van der Waals surface area (Å²) >= 11 is 0. The van der Waals surface area contributed by atoms with Gasteiger partial charge in [-0.05, 0) is 61.4 Å². The number of amides is 2. The van der Waals surface area contributed by atoms with Crippen molar-refractivity contribution in [3.63, 3.8) is 0 Å². The van der Waals surface area contributed by atoms with Crippen molar-refractivity contribution in [1.29, 1.82) is 0 Å². The van der Waals surface area contributed by atoms with E-state index in [2.05, 4.69) is 27.0 Å². The largest absolute Gasteiger partial charge is 0.378 e. The molecule has 0 saturated carbocycles.